The third kappa shape index (κ3) is 1.77. The molecule has 1 aromatic rings. The second-order valence-electron chi connectivity index (χ2n) is 2.37. The molecule has 1 aromatic carbocycles. The highest BCUT2D eigenvalue weighted by atomic mass is 32.2. The topological polar surface area (TPSA) is 110 Å². The van der Waals surface area contributed by atoms with Gasteiger partial charge in [0.2, 0.25) is 10.0 Å². The van der Waals surface area contributed by atoms with Crippen LogP contribution in [0.3, 0.4) is 0 Å². The van der Waals surface area contributed by atoms with Crippen molar-refractivity contribution >= 4 is 15.7 Å². The Labute approximate surface area is 75.6 Å². The van der Waals surface area contributed by atoms with Crippen LogP contribution >= 0.6 is 0 Å². The fourth-order valence-electron chi connectivity index (χ4n) is 0.890. The maximum absolute atomic E-state index is 10.9. The highest BCUT2D eigenvalue weighted by molar-refractivity contribution is 7.89. The summed E-state index contributed by atoms with van der Waals surface area (Å²) in [5.41, 5.74) is 5.40. The van der Waals surface area contributed by atoms with Gasteiger partial charge in [-0.15, -0.1) is 0 Å². The molecule has 0 spiro atoms. The van der Waals surface area contributed by atoms with E-state index in [-0.39, 0.29) is 16.1 Å². The van der Waals surface area contributed by atoms with E-state index in [0.29, 0.717) is 0 Å². The highest BCUT2D eigenvalue weighted by Gasteiger charge is 2.13. The number of nitrogen functional groups attached to an aromatic ring is 1. The second kappa shape index (κ2) is 3.05. The van der Waals surface area contributed by atoms with Gasteiger partial charge in [0, 0.05) is 0 Å². The minimum atomic E-state index is -3.84. The van der Waals surface area contributed by atoms with Crippen LogP contribution in [-0.2, 0) is 10.0 Å². The number of anilines is 1. The van der Waals surface area contributed by atoms with Crippen LogP contribution in [0.1, 0.15) is 5.56 Å². The van der Waals surface area contributed by atoms with Crippen LogP contribution in [0.15, 0.2) is 23.1 Å². The zero-order valence-corrected chi connectivity index (χ0v) is 7.38. The quantitative estimate of drug-likeness (QED) is 0.606. The molecule has 0 radical (unpaired) electrons. The standard InChI is InChI=1S/C7H7N3O2S/c8-4-5-2-1-3-6(7(5)9)13(10,11)12/h1-3H,9H2,(H2,10,11,12). The molecule has 0 aliphatic heterocycles. The summed E-state index contributed by atoms with van der Waals surface area (Å²) in [5, 5.41) is 13.4. The van der Waals surface area contributed by atoms with Gasteiger partial charge in [0.25, 0.3) is 0 Å². The minimum Gasteiger partial charge on any atom is -0.397 e. The zero-order valence-electron chi connectivity index (χ0n) is 6.56. The van der Waals surface area contributed by atoms with Crippen molar-refractivity contribution in [3.8, 4) is 6.07 Å². The van der Waals surface area contributed by atoms with E-state index in [1.807, 2.05) is 0 Å². The number of nitriles is 1. The number of hydrogen-bond donors (Lipinski definition) is 2. The first-order chi connectivity index (χ1) is 5.96. The number of sulfonamides is 1. The van der Waals surface area contributed by atoms with E-state index in [1.165, 1.54) is 18.2 Å². The third-order valence-corrected chi connectivity index (χ3v) is 2.46. The Bertz CT molecular complexity index is 473. The summed E-state index contributed by atoms with van der Waals surface area (Å²) in [6.07, 6.45) is 0. The van der Waals surface area contributed by atoms with Gasteiger partial charge in [0.1, 0.15) is 11.0 Å². The molecule has 0 aromatic heterocycles. The monoisotopic (exact) mass is 197 g/mol. The maximum atomic E-state index is 10.9. The SMILES string of the molecule is N#Cc1cccc(S(N)(=O)=O)c1N. The lowest BCUT2D eigenvalue weighted by Gasteiger charge is -2.03. The largest absolute Gasteiger partial charge is 0.397 e. The van der Waals surface area contributed by atoms with Crippen molar-refractivity contribution in [3.05, 3.63) is 23.8 Å². The summed E-state index contributed by atoms with van der Waals surface area (Å²) < 4.78 is 21.8. The Balaban J connectivity index is 3.53. The molecular weight excluding hydrogens is 190 g/mol. The van der Waals surface area contributed by atoms with Gasteiger partial charge in [-0.25, -0.2) is 13.6 Å². The van der Waals surface area contributed by atoms with Crippen molar-refractivity contribution in [2.24, 2.45) is 5.14 Å². The van der Waals surface area contributed by atoms with Crippen LogP contribution in [0.5, 0.6) is 0 Å². The van der Waals surface area contributed by atoms with Crippen molar-refractivity contribution in [1.82, 2.24) is 0 Å². The van der Waals surface area contributed by atoms with Crippen LogP contribution in [0.25, 0.3) is 0 Å². The van der Waals surface area contributed by atoms with E-state index in [2.05, 4.69) is 0 Å². The van der Waals surface area contributed by atoms with Crippen molar-refractivity contribution in [3.63, 3.8) is 0 Å². The van der Waals surface area contributed by atoms with E-state index in [0.717, 1.165) is 0 Å². The Morgan fingerprint density at radius 1 is 1.38 bits per heavy atom. The molecule has 6 heteroatoms. The lowest BCUT2D eigenvalue weighted by atomic mass is 10.2. The van der Waals surface area contributed by atoms with Crippen molar-refractivity contribution in [2.75, 3.05) is 5.73 Å². The van der Waals surface area contributed by atoms with Crippen LogP contribution in [0, 0.1) is 11.3 Å². The molecule has 68 valence electrons. The summed E-state index contributed by atoms with van der Waals surface area (Å²) in [5.74, 6) is 0. The first-order valence-corrected chi connectivity index (χ1v) is 4.83. The summed E-state index contributed by atoms with van der Waals surface area (Å²) in [7, 11) is -3.84. The number of hydrogen-bond acceptors (Lipinski definition) is 4. The fraction of sp³-hybridized carbons (Fsp3) is 0. The average molecular weight is 197 g/mol. The Hall–Kier alpha value is -1.58. The lowest BCUT2D eigenvalue weighted by molar-refractivity contribution is 0.598. The number of nitrogens with two attached hydrogens (primary N) is 2. The number of rotatable bonds is 1. The summed E-state index contributed by atoms with van der Waals surface area (Å²) in [4.78, 5) is -0.216. The fourth-order valence-corrected chi connectivity index (χ4v) is 1.57. The first kappa shape index (κ1) is 9.51. The van der Waals surface area contributed by atoms with Gasteiger partial charge in [0.05, 0.1) is 11.3 Å². The van der Waals surface area contributed by atoms with E-state index in [4.69, 9.17) is 16.1 Å². The summed E-state index contributed by atoms with van der Waals surface area (Å²) >= 11 is 0. The van der Waals surface area contributed by atoms with Gasteiger partial charge >= 0.3 is 0 Å². The Morgan fingerprint density at radius 2 is 2.00 bits per heavy atom. The molecule has 5 nitrogen and oxygen atoms in total. The van der Waals surface area contributed by atoms with Gasteiger partial charge in [-0.2, -0.15) is 5.26 Å². The van der Waals surface area contributed by atoms with Crippen molar-refractivity contribution < 1.29 is 8.42 Å². The maximum Gasteiger partial charge on any atom is 0.240 e. The van der Waals surface area contributed by atoms with Crippen molar-refractivity contribution in [1.29, 1.82) is 5.26 Å². The number of primary sulfonamides is 1. The molecule has 0 bridgehead atoms. The summed E-state index contributed by atoms with van der Waals surface area (Å²) in [6, 6.07) is 5.85. The van der Waals surface area contributed by atoms with Gasteiger partial charge in [-0.1, -0.05) is 6.07 Å². The normalized spacial score (nSPS) is 10.8. The molecule has 1 rings (SSSR count). The van der Waals surface area contributed by atoms with Crippen LogP contribution in [-0.4, -0.2) is 8.42 Å². The molecule has 0 aliphatic rings. The van der Waals surface area contributed by atoms with Crippen LogP contribution < -0.4 is 10.9 Å². The molecular formula is C7H7N3O2S. The highest BCUT2D eigenvalue weighted by Crippen LogP contribution is 2.19. The zero-order chi connectivity index (χ0) is 10.1. The summed E-state index contributed by atoms with van der Waals surface area (Å²) in [6.45, 7) is 0. The molecule has 0 atom stereocenters. The molecule has 0 saturated carbocycles. The molecule has 0 saturated heterocycles. The molecule has 0 unspecified atom stereocenters. The minimum absolute atomic E-state index is 0.103. The molecule has 4 N–H and O–H groups in total. The first-order valence-electron chi connectivity index (χ1n) is 3.28. The van der Waals surface area contributed by atoms with Crippen LogP contribution in [0.2, 0.25) is 0 Å². The molecule has 0 heterocycles. The van der Waals surface area contributed by atoms with Gasteiger partial charge in [0.15, 0.2) is 0 Å². The molecule has 0 amide bonds. The molecule has 0 fully saturated rings. The second-order valence-corrected chi connectivity index (χ2v) is 3.90. The van der Waals surface area contributed by atoms with E-state index < -0.39 is 10.0 Å². The predicted octanol–water partition coefficient (Wildman–Crippen LogP) is -0.212. The van der Waals surface area contributed by atoms with Gasteiger partial charge in [-0.3, -0.25) is 0 Å². The van der Waals surface area contributed by atoms with Gasteiger partial charge < -0.3 is 5.73 Å². The molecule has 13 heavy (non-hydrogen) atoms. The number of para-hydroxylation sites is 1. The smallest absolute Gasteiger partial charge is 0.240 e. The van der Waals surface area contributed by atoms with E-state index >= 15 is 0 Å². The number of benzene rings is 1. The lowest BCUT2D eigenvalue weighted by Crippen LogP contribution is -2.14. The Morgan fingerprint density at radius 3 is 2.46 bits per heavy atom. The van der Waals surface area contributed by atoms with E-state index in [9.17, 15) is 8.42 Å². The number of nitrogens with zero attached hydrogens (tertiary/aromatic N) is 1. The third-order valence-electron chi connectivity index (χ3n) is 1.49. The average Bonchev–Trinajstić information content (AvgIpc) is 2.02. The van der Waals surface area contributed by atoms with E-state index in [1.54, 1.807) is 6.07 Å². The predicted molar refractivity (Wildman–Crippen MR) is 46.9 cm³/mol. The van der Waals surface area contributed by atoms with Crippen molar-refractivity contribution in [2.45, 2.75) is 4.90 Å². The molecule has 0 aliphatic carbocycles. The Kier molecular flexibility index (Phi) is 2.23. The van der Waals surface area contributed by atoms with Crippen LogP contribution in [0.4, 0.5) is 5.69 Å². The van der Waals surface area contributed by atoms with Gasteiger partial charge in [-0.05, 0) is 12.1 Å².